The molecule has 4 nitrogen and oxygen atoms in total. The molecular formula is C29H22N4. The summed E-state index contributed by atoms with van der Waals surface area (Å²) in [6.45, 7) is 0. The van der Waals surface area contributed by atoms with Gasteiger partial charge >= 0.3 is 0 Å². The molecule has 7 rings (SSSR count). The zero-order valence-corrected chi connectivity index (χ0v) is 18.0. The third kappa shape index (κ3) is 2.88. The fourth-order valence-corrected chi connectivity index (χ4v) is 5.12. The quantitative estimate of drug-likeness (QED) is 0.346. The van der Waals surface area contributed by atoms with Gasteiger partial charge in [0.15, 0.2) is 0 Å². The molecule has 0 saturated heterocycles. The number of nitrogens with one attached hydrogen (secondary N) is 1. The minimum absolute atomic E-state index is 0.178. The Morgan fingerprint density at radius 2 is 1.52 bits per heavy atom. The Bertz CT molecular complexity index is 1460. The van der Waals surface area contributed by atoms with Gasteiger partial charge in [0.1, 0.15) is 5.82 Å². The summed E-state index contributed by atoms with van der Waals surface area (Å²) in [7, 11) is 0. The molecule has 0 spiro atoms. The Morgan fingerprint density at radius 3 is 2.27 bits per heavy atom. The van der Waals surface area contributed by atoms with Gasteiger partial charge in [0.05, 0.1) is 23.3 Å². The molecule has 0 saturated carbocycles. The molecule has 33 heavy (non-hydrogen) atoms. The van der Waals surface area contributed by atoms with Crippen LogP contribution in [0.1, 0.15) is 6.04 Å². The summed E-state index contributed by atoms with van der Waals surface area (Å²) in [5.74, 6) is 1.13. The maximum absolute atomic E-state index is 4.86. The lowest BCUT2D eigenvalue weighted by Gasteiger charge is -2.30. The molecule has 4 heteroatoms. The molecule has 0 fully saturated rings. The van der Waals surface area contributed by atoms with Gasteiger partial charge in [-0.05, 0) is 48.6 Å². The predicted molar refractivity (Wildman–Crippen MR) is 135 cm³/mol. The minimum Gasteiger partial charge on any atom is -0.363 e. The summed E-state index contributed by atoms with van der Waals surface area (Å²) >= 11 is 0. The van der Waals surface area contributed by atoms with Crippen molar-refractivity contribution in [1.29, 1.82) is 0 Å². The van der Waals surface area contributed by atoms with E-state index in [1.54, 1.807) is 0 Å². The summed E-state index contributed by atoms with van der Waals surface area (Å²) in [4.78, 5) is 7.17. The van der Waals surface area contributed by atoms with Gasteiger partial charge in [-0.3, -0.25) is 0 Å². The standard InChI is InChI=1S/C29H22N4/c1-3-9-20(10-4-1)33(21-11-5-2-6-12-21)22-15-16-28-26(17-22)31-29-18-24-23-13-7-8-14-25(23)30-27(24)19-32(28)29/h1-19,26,28,31H. The number of fused-ring (bicyclic) bond motifs is 6. The van der Waals surface area contributed by atoms with Crippen LogP contribution >= 0.6 is 0 Å². The summed E-state index contributed by atoms with van der Waals surface area (Å²) in [6, 6.07) is 32.1. The molecule has 0 bridgehead atoms. The molecule has 3 aromatic carbocycles. The van der Waals surface area contributed by atoms with Gasteiger partial charge in [-0.2, -0.15) is 0 Å². The van der Waals surface area contributed by atoms with E-state index in [-0.39, 0.29) is 12.1 Å². The zero-order chi connectivity index (χ0) is 21.8. The molecule has 2 atom stereocenters. The van der Waals surface area contributed by atoms with E-state index in [2.05, 4.69) is 124 Å². The number of anilines is 3. The number of benzene rings is 3. The van der Waals surface area contributed by atoms with Crippen molar-refractivity contribution in [3.63, 3.8) is 0 Å². The van der Waals surface area contributed by atoms with Gasteiger partial charge in [-0.15, -0.1) is 0 Å². The van der Waals surface area contributed by atoms with Crippen LogP contribution in [-0.2, 0) is 0 Å². The second kappa shape index (κ2) is 7.10. The molecule has 0 aromatic heterocycles. The third-order valence-electron chi connectivity index (χ3n) is 6.64. The summed E-state index contributed by atoms with van der Waals surface area (Å²) in [5, 5.41) is 4.96. The van der Waals surface area contributed by atoms with E-state index in [9.17, 15) is 0 Å². The molecule has 1 aliphatic carbocycles. The van der Waals surface area contributed by atoms with Crippen LogP contribution in [0.15, 0.2) is 121 Å². The van der Waals surface area contributed by atoms with Crippen LogP contribution in [0.5, 0.6) is 0 Å². The summed E-state index contributed by atoms with van der Waals surface area (Å²) in [6.07, 6.45) is 9.08. The second-order valence-corrected chi connectivity index (χ2v) is 8.61. The fraction of sp³-hybridized carbons (Fsp3) is 0.0690. The first kappa shape index (κ1) is 18.3. The first-order valence-electron chi connectivity index (χ1n) is 11.3. The highest BCUT2D eigenvalue weighted by atomic mass is 15.2. The zero-order valence-electron chi connectivity index (χ0n) is 18.0. The lowest BCUT2D eigenvalue weighted by molar-refractivity contribution is 0.621. The monoisotopic (exact) mass is 426 g/mol. The van der Waals surface area contributed by atoms with Crippen LogP contribution in [0.4, 0.5) is 17.2 Å². The largest absolute Gasteiger partial charge is 0.363 e. The number of para-hydroxylation sites is 3. The molecular weight excluding hydrogens is 404 g/mol. The van der Waals surface area contributed by atoms with Gasteiger partial charge in [-0.25, -0.2) is 4.98 Å². The highest BCUT2D eigenvalue weighted by Gasteiger charge is 2.33. The Balaban J connectivity index is 1.30. The smallest absolute Gasteiger partial charge is 0.107 e. The highest BCUT2D eigenvalue weighted by Crippen LogP contribution is 2.41. The van der Waals surface area contributed by atoms with Gasteiger partial charge in [-0.1, -0.05) is 60.7 Å². The van der Waals surface area contributed by atoms with Crippen LogP contribution in [-0.4, -0.2) is 15.6 Å². The highest BCUT2D eigenvalue weighted by molar-refractivity contribution is 5.98. The molecule has 2 unspecified atom stereocenters. The van der Waals surface area contributed by atoms with Crippen molar-refractivity contribution in [3.05, 3.63) is 121 Å². The molecule has 4 aliphatic rings. The van der Waals surface area contributed by atoms with E-state index in [1.165, 1.54) is 10.9 Å². The van der Waals surface area contributed by atoms with E-state index in [0.29, 0.717) is 0 Å². The topological polar surface area (TPSA) is 33.1 Å². The lowest BCUT2D eigenvalue weighted by Crippen LogP contribution is -2.26. The van der Waals surface area contributed by atoms with Crippen molar-refractivity contribution in [1.82, 2.24) is 9.55 Å². The fourth-order valence-electron chi connectivity index (χ4n) is 5.12. The molecule has 3 aromatic rings. The third-order valence-corrected chi connectivity index (χ3v) is 6.64. The van der Waals surface area contributed by atoms with Crippen molar-refractivity contribution in [2.75, 3.05) is 10.2 Å². The minimum atomic E-state index is 0.178. The lowest BCUT2D eigenvalue weighted by atomic mass is 10.0. The normalized spacial score (nSPS) is 18.6. The van der Waals surface area contributed by atoms with Crippen molar-refractivity contribution in [2.45, 2.75) is 12.1 Å². The molecule has 0 amide bonds. The Hall–Kier alpha value is -4.31. The van der Waals surface area contributed by atoms with Crippen LogP contribution in [0.25, 0.3) is 22.2 Å². The number of nitrogens with zero attached hydrogens (tertiary/aromatic N) is 3. The summed E-state index contributed by atoms with van der Waals surface area (Å²) in [5.41, 5.74) is 6.76. The van der Waals surface area contributed by atoms with Crippen LogP contribution in [0, 0.1) is 0 Å². The van der Waals surface area contributed by atoms with Gasteiger partial charge in [0.2, 0.25) is 0 Å². The van der Waals surface area contributed by atoms with Gasteiger partial charge in [0, 0.05) is 34.2 Å². The van der Waals surface area contributed by atoms with Gasteiger partial charge in [0.25, 0.3) is 0 Å². The van der Waals surface area contributed by atoms with E-state index < -0.39 is 0 Å². The predicted octanol–water partition coefficient (Wildman–Crippen LogP) is 6.77. The SMILES string of the molecule is C1=CC2C(C=C1N(c1ccccc1)c1ccccc1)Nc1cc3c4ccccc4nc-3cn12. The van der Waals surface area contributed by atoms with Crippen molar-refractivity contribution >= 4 is 28.1 Å². The van der Waals surface area contributed by atoms with E-state index in [4.69, 9.17) is 4.98 Å². The average Bonchev–Trinajstić information content (AvgIpc) is 3.41. The number of hydrogen-bond acceptors (Lipinski definition) is 3. The van der Waals surface area contributed by atoms with Gasteiger partial charge < -0.3 is 14.8 Å². The first-order valence-corrected chi connectivity index (χ1v) is 11.3. The molecule has 158 valence electrons. The number of aromatic nitrogens is 2. The maximum atomic E-state index is 4.86. The summed E-state index contributed by atoms with van der Waals surface area (Å²) < 4.78 is 2.32. The van der Waals surface area contributed by atoms with Crippen molar-refractivity contribution in [2.24, 2.45) is 0 Å². The van der Waals surface area contributed by atoms with Crippen LogP contribution in [0.3, 0.4) is 0 Å². The van der Waals surface area contributed by atoms with Crippen LogP contribution in [0.2, 0.25) is 0 Å². The molecule has 3 aliphatic heterocycles. The first-order chi connectivity index (χ1) is 16.3. The average molecular weight is 427 g/mol. The van der Waals surface area contributed by atoms with E-state index >= 15 is 0 Å². The van der Waals surface area contributed by atoms with Crippen LogP contribution < -0.4 is 10.2 Å². The number of hydrogen-bond donors (Lipinski definition) is 1. The van der Waals surface area contributed by atoms with Crippen molar-refractivity contribution < 1.29 is 0 Å². The Kier molecular flexibility index (Phi) is 3.94. The Labute approximate surface area is 192 Å². The number of pyridine rings is 1. The molecule has 0 radical (unpaired) electrons. The van der Waals surface area contributed by atoms with E-state index in [1.807, 2.05) is 6.07 Å². The Morgan fingerprint density at radius 1 is 0.818 bits per heavy atom. The number of allylic oxidation sites excluding steroid dienone is 1. The number of rotatable bonds is 3. The van der Waals surface area contributed by atoms with E-state index in [0.717, 1.165) is 34.1 Å². The molecule has 1 N–H and O–H groups in total. The second-order valence-electron chi connectivity index (χ2n) is 8.61. The maximum Gasteiger partial charge on any atom is 0.107 e. The molecule has 3 heterocycles. The van der Waals surface area contributed by atoms with Crippen molar-refractivity contribution in [3.8, 4) is 11.3 Å².